The van der Waals surface area contributed by atoms with Crippen molar-refractivity contribution in [2.45, 2.75) is 6.42 Å². The lowest BCUT2D eigenvalue weighted by molar-refractivity contribution is 0.626. The van der Waals surface area contributed by atoms with Crippen molar-refractivity contribution in [3.8, 4) is 0 Å². The molecule has 0 heterocycles. The molecule has 1 heteroatoms. The van der Waals surface area contributed by atoms with E-state index in [1.165, 1.54) is 18.2 Å². The van der Waals surface area contributed by atoms with E-state index >= 15 is 0 Å². The first-order valence-corrected chi connectivity index (χ1v) is 3.11. The molecule has 0 saturated carbocycles. The predicted octanol–water partition coefficient (Wildman–Crippen LogP) is 2.36. The standard InChI is InChI=1S/C9H8F/c1-2-4-8-5-3-6-9(10)7-8/h1-3,5-7H,4H2. The van der Waals surface area contributed by atoms with Gasteiger partial charge in [-0.3, -0.25) is 0 Å². The fourth-order valence-corrected chi connectivity index (χ4v) is 0.800. The number of halogens is 1. The van der Waals surface area contributed by atoms with Crippen molar-refractivity contribution in [1.29, 1.82) is 0 Å². The van der Waals surface area contributed by atoms with Gasteiger partial charge in [-0.2, -0.15) is 0 Å². The van der Waals surface area contributed by atoms with E-state index in [0.29, 0.717) is 6.42 Å². The third-order valence-corrected chi connectivity index (χ3v) is 1.24. The zero-order chi connectivity index (χ0) is 7.40. The monoisotopic (exact) mass is 135 g/mol. The Balaban J connectivity index is 2.84. The molecule has 0 aliphatic rings. The molecule has 0 spiro atoms. The van der Waals surface area contributed by atoms with E-state index < -0.39 is 0 Å². The lowest BCUT2D eigenvalue weighted by Gasteiger charge is -1.93. The van der Waals surface area contributed by atoms with Crippen LogP contribution in [0.2, 0.25) is 0 Å². The minimum Gasteiger partial charge on any atom is -0.207 e. The summed E-state index contributed by atoms with van der Waals surface area (Å²) in [5, 5.41) is 0. The van der Waals surface area contributed by atoms with Gasteiger partial charge < -0.3 is 0 Å². The molecule has 1 aromatic rings. The first-order chi connectivity index (χ1) is 4.83. The van der Waals surface area contributed by atoms with Crippen LogP contribution in [-0.4, -0.2) is 0 Å². The SMILES string of the molecule is [CH]=CCc1cccc(F)c1. The normalized spacial score (nSPS) is 9.30. The van der Waals surface area contributed by atoms with Crippen molar-refractivity contribution in [2.75, 3.05) is 0 Å². The number of hydrogen-bond acceptors (Lipinski definition) is 0. The van der Waals surface area contributed by atoms with E-state index in [1.807, 2.05) is 6.07 Å². The second-order valence-electron chi connectivity index (χ2n) is 2.07. The molecule has 0 amide bonds. The average molecular weight is 135 g/mol. The van der Waals surface area contributed by atoms with Crippen LogP contribution < -0.4 is 0 Å². The van der Waals surface area contributed by atoms with Gasteiger partial charge >= 0.3 is 0 Å². The van der Waals surface area contributed by atoms with E-state index in [-0.39, 0.29) is 5.82 Å². The van der Waals surface area contributed by atoms with Gasteiger partial charge in [-0.15, -0.1) is 0 Å². The second kappa shape index (κ2) is 3.16. The van der Waals surface area contributed by atoms with Gasteiger partial charge in [-0.1, -0.05) is 24.8 Å². The Hall–Kier alpha value is -1.11. The molecule has 0 N–H and O–H groups in total. The van der Waals surface area contributed by atoms with E-state index in [4.69, 9.17) is 6.58 Å². The molecule has 0 aromatic heterocycles. The van der Waals surface area contributed by atoms with Crippen LogP contribution >= 0.6 is 0 Å². The zero-order valence-corrected chi connectivity index (χ0v) is 5.55. The smallest absolute Gasteiger partial charge is 0.123 e. The van der Waals surface area contributed by atoms with E-state index in [1.54, 1.807) is 6.07 Å². The molecule has 0 saturated heterocycles. The van der Waals surface area contributed by atoms with Gasteiger partial charge in [0.25, 0.3) is 0 Å². The summed E-state index contributed by atoms with van der Waals surface area (Å²) in [6, 6.07) is 6.41. The van der Waals surface area contributed by atoms with Crippen molar-refractivity contribution in [1.82, 2.24) is 0 Å². The van der Waals surface area contributed by atoms with Crippen LogP contribution in [0.4, 0.5) is 4.39 Å². The fourth-order valence-electron chi connectivity index (χ4n) is 0.800. The molecule has 0 unspecified atom stereocenters. The summed E-state index contributed by atoms with van der Waals surface area (Å²) in [5.41, 5.74) is 0.905. The Kier molecular flexibility index (Phi) is 2.21. The topological polar surface area (TPSA) is 0 Å². The Morgan fingerprint density at radius 3 is 2.90 bits per heavy atom. The molecule has 1 rings (SSSR count). The third kappa shape index (κ3) is 1.69. The minimum absolute atomic E-state index is 0.209. The number of hydrogen-bond donors (Lipinski definition) is 0. The molecule has 0 nitrogen and oxygen atoms in total. The fraction of sp³-hybridized carbons (Fsp3) is 0.111. The maximum Gasteiger partial charge on any atom is 0.123 e. The molecule has 1 aromatic carbocycles. The summed E-state index contributed by atoms with van der Waals surface area (Å²) >= 11 is 0. The summed E-state index contributed by atoms with van der Waals surface area (Å²) in [5.74, 6) is -0.209. The Morgan fingerprint density at radius 2 is 2.30 bits per heavy atom. The largest absolute Gasteiger partial charge is 0.207 e. The van der Waals surface area contributed by atoms with Crippen LogP contribution in [0.3, 0.4) is 0 Å². The number of rotatable bonds is 2. The third-order valence-electron chi connectivity index (χ3n) is 1.24. The van der Waals surface area contributed by atoms with Crippen molar-refractivity contribution in [3.63, 3.8) is 0 Å². The summed E-state index contributed by atoms with van der Waals surface area (Å²) in [6.07, 6.45) is 2.13. The molecular formula is C9H8F. The van der Waals surface area contributed by atoms with Crippen molar-refractivity contribution >= 4 is 0 Å². The highest BCUT2D eigenvalue weighted by atomic mass is 19.1. The molecular weight excluding hydrogens is 127 g/mol. The zero-order valence-electron chi connectivity index (χ0n) is 5.55. The summed E-state index contributed by atoms with van der Waals surface area (Å²) in [7, 11) is 0. The molecule has 1 radical (unpaired) electrons. The quantitative estimate of drug-likeness (QED) is 0.584. The molecule has 0 aliphatic heterocycles. The minimum atomic E-state index is -0.209. The summed E-state index contributed by atoms with van der Waals surface area (Å²) < 4.78 is 12.4. The highest BCUT2D eigenvalue weighted by Gasteiger charge is 1.90. The highest BCUT2D eigenvalue weighted by molar-refractivity contribution is 5.17. The van der Waals surface area contributed by atoms with Gasteiger partial charge in [-0.25, -0.2) is 4.39 Å². The van der Waals surface area contributed by atoms with Gasteiger partial charge in [0.2, 0.25) is 0 Å². The first-order valence-electron chi connectivity index (χ1n) is 3.11. The first kappa shape index (κ1) is 7.00. The van der Waals surface area contributed by atoms with Crippen molar-refractivity contribution in [2.24, 2.45) is 0 Å². The maximum absolute atomic E-state index is 12.4. The van der Waals surface area contributed by atoms with Gasteiger partial charge in [0.1, 0.15) is 5.82 Å². The van der Waals surface area contributed by atoms with E-state index in [0.717, 1.165) is 5.56 Å². The van der Waals surface area contributed by atoms with Crippen LogP contribution in [0.25, 0.3) is 0 Å². The van der Waals surface area contributed by atoms with Gasteiger partial charge in [0.15, 0.2) is 0 Å². The Labute approximate surface area is 60.0 Å². The van der Waals surface area contributed by atoms with E-state index in [9.17, 15) is 4.39 Å². The Morgan fingerprint density at radius 1 is 1.50 bits per heavy atom. The van der Waals surface area contributed by atoms with E-state index in [2.05, 4.69) is 0 Å². The van der Waals surface area contributed by atoms with Gasteiger partial charge in [0.05, 0.1) is 0 Å². The highest BCUT2D eigenvalue weighted by Crippen LogP contribution is 2.03. The predicted molar refractivity (Wildman–Crippen MR) is 39.0 cm³/mol. The van der Waals surface area contributed by atoms with Gasteiger partial charge in [-0.05, 0) is 24.1 Å². The van der Waals surface area contributed by atoms with Gasteiger partial charge in [0, 0.05) is 0 Å². The molecule has 0 aliphatic carbocycles. The van der Waals surface area contributed by atoms with Crippen LogP contribution in [0.1, 0.15) is 5.56 Å². The molecule has 51 valence electrons. The molecule has 0 bridgehead atoms. The molecule has 10 heavy (non-hydrogen) atoms. The van der Waals surface area contributed by atoms with Crippen molar-refractivity contribution in [3.05, 3.63) is 48.3 Å². The summed E-state index contributed by atoms with van der Waals surface area (Å²) in [6.45, 7) is 5.16. The van der Waals surface area contributed by atoms with Crippen LogP contribution in [-0.2, 0) is 6.42 Å². The number of benzene rings is 1. The van der Waals surface area contributed by atoms with Crippen molar-refractivity contribution < 1.29 is 4.39 Å². The maximum atomic E-state index is 12.4. The van der Waals surface area contributed by atoms with Crippen LogP contribution in [0.5, 0.6) is 0 Å². The average Bonchev–Trinajstić information content (AvgIpc) is 1.88. The number of allylic oxidation sites excluding steroid dienone is 1. The Bertz CT molecular complexity index is 228. The second-order valence-corrected chi connectivity index (χ2v) is 2.07. The van der Waals surface area contributed by atoms with Crippen LogP contribution in [0.15, 0.2) is 30.3 Å². The summed E-state index contributed by atoms with van der Waals surface area (Å²) in [4.78, 5) is 0. The lowest BCUT2D eigenvalue weighted by Crippen LogP contribution is -1.80. The van der Waals surface area contributed by atoms with Crippen LogP contribution in [0, 0.1) is 12.4 Å². The molecule has 0 fully saturated rings. The lowest BCUT2D eigenvalue weighted by atomic mass is 10.1. The molecule has 0 atom stereocenters.